The van der Waals surface area contributed by atoms with Gasteiger partial charge in [-0.2, -0.15) is 13.2 Å². The standard InChI is InChI=1S/C22H17F3N4O2/c1-30-18-6-4-13(9-19(18)31-2)20-15-7-12(3-5-17(15)28-11-29-20)14-8-16(22(23,24)25)21(26)27-10-14/h3-11H,1-2H3,(H2,26,27). The van der Waals surface area contributed by atoms with E-state index in [0.717, 1.165) is 11.6 Å². The number of ether oxygens (including phenoxy) is 2. The smallest absolute Gasteiger partial charge is 0.419 e. The quantitative estimate of drug-likeness (QED) is 0.496. The first-order chi connectivity index (χ1) is 14.8. The molecule has 0 fully saturated rings. The van der Waals surface area contributed by atoms with Crippen molar-refractivity contribution < 1.29 is 22.6 Å². The van der Waals surface area contributed by atoms with Crippen LogP contribution in [0.5, 0.6) is 11.5 Å². The number of benzene rings is 2. The van der Waals surface area contributed by atoms with Gasteiger partial charge in [0.15, 0.2) is 11.5 Å². The number of halogens is 3. The second-order valence-corrected chi connectivity index (χ2v) is 6.68. The van der Waals surface area contributed by atoms with Crippen LogP contribution < -0.4 is 15.2 Å². The van der Waals surface area contributed by atoms with Gasteiger partial charge in [-0.1, -0.05) is 6.07 Å². The van der Waals surface area contributed by atoms with Gasteiger partial charge in [0.1, 0.15) is 12.1 Å². The third-order valence-corrected chi connectivity index (χ3v) is 4.85. The molecule has 0 saturated heterocycles. The predicted octanol–water partition coefficient (Wildman–Crippen LogP) is 4.98. The zero-order valence-electron chi connectivity index (χ0n) is 16.6. The van der Waals surface area contributed by atoms with Crippen molar-refractivity contribution in [3.05, 3.63) is 60.6 Å². The molecule has 158 valence electrons. The molecule has 0 aliphatic rings. The molecule has 2 aromatic carbocycles. The summed E-state index contributed by atoms with van der Waals surface area (Å²) >= 11 is 0. The molecule has 0 radical (unpaired) electrons. The number of nitrogen functional groups attached to an aromatic ring is 1. The maximum Gasteiger partial charge on any atom is 0.419 e. The third-order valence-electron chi connectivity index (χ3n) is 4.85. The number of alkyl halides is 3. The fourth-order valence-corrected chi connectivity index (χ4v) is 3.31. The number of fused-ring (bicyclic) bond motifs is 1. The maximum atomic E-state index is 13.3. The van der Waals surface area contributed by atoms with E-state index in [2.05, 4.69) is 15.0 Å². The topological polar surface area (TPSA) is 83.2 Å². The Hall–Kier alpha value is -3.88. The fourth-order valence-electron chi connectivity index (χ4n) is 3.31. The van der Waals surface area contributed by atoms with Gasteiger partial charge in [-0.25, -0.2) is 15.0 Å². The zero-order chi connectivity index (χ0) is 22.2. The van der Waals surface area contributed by atoms with Crippen LogP contribution in [-0.2, 0) is 6.18 Å². The molecule has 2 aromatic heterocycles. The minimum Gasteiger partial charge on any atom is -0.493 e. The summed E-state index contributed by atoms with van der Waals surface area (Å²) in [5.41, 5.74) is 7.25. The number of anilines is 1. The molecule has 0 saturated carbocycles. The van der Waals surface area contributed by atoms with E-state index in [9.17, 15) is 13.2 Å². The Morgan fingerprint density at radius 3 is 2.26 bits per heavy atom. The normalized spacial score (nSPS) is 11.5. The van der Waals surface area contributed by atoms with Gasteiger partial charge in [0, 0.05) is 22.7 Å². The summed E-state index contributed by atoms with van der Waals surface area (Å²) in [5.74, 6) is 0.532. The molecule has 2 heterocycles. The van der Waals surface area contributed by atoms with Crippen molar-refractivity contribution in [3.8, 4) is 33.9 Å². The van der Waals surface area contributed by atoms with E-state index in [-0.39, 0.29) is 5.56 Å². The molecule has 0 spiro atoms. The molecule has 31 heavy (non-hydrogen) atoms. The highest BCUT2D eigenvalue weighted by Crippen LogP contribution is 2.37. The minimum absolute atomic E-state index is 0.283. The number of methoxy groups -OCH3 is 2. The molecule has 6 nitrogen and oxygen atoms in total. The lowest BCUT2D eigenvalue weighted by Crippen LogP contribution is -2.10. The van der Waals surface area contributed by atoms with Crippen LogP contribution in [0, 0.1) is 0 Å². The molecule has 0 amide bonds. The lowest BCUT2D eigenvalue weighted by molar-refractivity contribution is -0.137. The third kappa shape index (κ3) is 3.81. The molecule has 0 aliphatic heterocycles. The summed E-state index contributed by atoms with van der Waals surface area (Å²) in [5, 5.41) is 0.664. The number of aromatic nitrogens is 3. The zero-order valence-corrected chi connectivity index (χ0v) is 16.6. The summed E-state index contributed by atoms with van der Waals surface area (Å²) in [6.07, 6.45) is -1.86. The van der Waals surface area contributed by atoms with Gasteiger partial charge in [-0.05, 0) is 42.0 Å². The molecular weight excluding hydrogens is 409 g/mol. The molecule has 0 unspecified atom stereocenters. The van der Waals surface area contributed by atoms with Gasteiger partial charge in [-0.15, -0.1) is 0 Å². The van der Waals surface area contributed by atoms with E-state index in [1.807, 2.05) is 6.07 Å². The summed E-state index contributed by atoms with van der Waals surface area (Å²) < 4.78 is 50.4. The van der Waals surface area contributed by atoms with E-state index >= 15 is 0 Å². The summed E-state index contributed by atoms with van der Waals surface area (Å²) in [4.78, 5) is 12.4. The Balaban J connectivity index is 1.88. The van der Waals surface area contributed by atoms with Crippen LogP contribution in [0.4, 0.5) is 19.0 Å². The van der Waals surface area contributed by atoms with Crippen molar-refractivity contribution in [2.45, 2.75) is 6.18 Å². The first kappa shape index (κ1) is 20.4. The van der Waals surface area contributed by atoms with Crippen LogP contribution in [0.25, 0.3) is 33.3 Å². The van der Waals surface area contributed by atoms with Crippen LogP contribution in [0.3, 0.4) is 0 Å². The molecule has 0 bridgehead atoms. The number of nitrogens with zero attached hydrogens (tertiary/aromatic N) is 3. The first-order valence-electron chi connectivity index (χ1n) is 9.12. The molecule has 0 atom stereocenters. The van der Waals surface area contributed by atoms with Crippen LogP contribution in [0.2, 0.25) is 0 Å². The number of nitrogens with two attached hydrogens (primary N) is 1. The number of rotatable bonds is 4. The van der Waals surface area contributed by atoms with Crippen LogP contribution in [0.1, 0.15) is 5.56 Å². The highest BCUT2D eigenvalue weighted by atomic mass is 19.4. The van der Waals surface area contributed by atoms with Crippen molar-refractivity contribution in [2.24, 2.45) is 0 Å². The second-order valence-electron chi connectivity index (χ2n) is 6.68. The Morgan fingerprint density at radius 2 is 1.55 bits per heavy atom. The van der Waals surface area contributed by atoms with E-state index in [1.165, 1.54) is 19.6 Å². The van der Waals surface area contributed by atoms with Gasteiger partial charge >= 0.3 is 6.18 Å². The van der Waals surface area contributed by atoms with Crippen molar-refractivity contribution in [3.63, 3.8) is 0 Å². The van der Waals surface area contributed by atoms with Gasteiger partial charge < -0.3 is 15.2 Å². The molecule has 0 aliphatic carbocycles. The highest BCUT2D eigenvalue weighted by molar-refractivity contribution is 5.95. The largest absolute Gasteiger partial charge is 0.493 e. The molecular formula is C22H17F3N4O2. The van der Waals surface area contributed by atoms with Crippen molar-refractivity contribution >= 4 is 16.7 Å². The number of hydrogen-bond donors (Lipinski definition) is 1. The van der Waals surface area contributed by atoms with Gasteiger partial charge in [-0.3, -0.25) is 0 Å². The lowest BCUT2D eigenvalue weighted by Gasteiger charge is -2.13. The summed E-state index contributed by atoms with van der Waals surface area (Å²) in [6, 6.07) is 11.5. The van der Waals surface area contributed by atoms with E-state index in [0.29, 0.717) is 33.7 Å². The molecule has 4 aromatic rings. The minimum atomic E-state index is -4.60. The predicted molar refractivity (Wildman–Crippen MR) is 111 cm³/mol. The SMILES string of the molecule is COc1ccc(-c2ncnc3ccc(-c4cnc(N)c(C(F)(F)F)c4)cc23)cc1OC. The maximum absolute atomic E-state index is 13.3. The van der Waals surface area contributed by atoms with Crippen LogP contribution in [-0.4, -0.2) is 29.2 Å². The van der Waals surface area contributed by atoms with E-state index in [1.54, 1.807) is 37.4 Å². The van der Waals surface area contributed by atoms with Crippen LogP contribution >= 0.6 is 0 Å². The Kier molecular flexibility index (Phi) is 5.10. The highest BCUT2D eigenvalue weighted by Gasteiger charge is 2.34. The average molecular weight is 426 g/mol. The second kappa shape index (κ2) is 7.75. The molecule has 4 rings (SSSR count). The van der Waals surface area contributed by atoms with E-state index in [4.69, 9.17) is 15.2 Å². The lowest BCUT2D eigenvalue weighted by atomic mass is 10.00. The Labute approximate surface area is 175 Å². The van der Waals surface area contributed by atoms with Crippen molar-refractivity contribution in [1.82, 2.24) is 15.0 Å². The number of pyridine rings is 1. The molecule has 9 heteroatoms. The fraction of sp³-hybridized carbons (Fsp3) is 0.136. The number of hydrogen-bond acceptors (Lipinski definition) is 6. The summed E-state index contributed by atoms with van der Waals surface area (Å²) in [7, 11) is 3.07. The van der Waals surface area contributed by atoms with E-state index < -0.39 is 17.6 Å². The summed E-state index contributed by atoms with van der Waals surface area (Å²) in [6.45, 7) is 0. The molecule has 2 N–H and O–H groups in total. The first-order valence-corrected chi connectivity index (χ1v) is 9.12. The Morgan fingerprint density at radius 1 is 0.806 bits per heavy atom. The van der Waals surface area contributed by atoms with Crippen molar-refractivity contribution in [2.75, 3.05) is 20.0 Å². The van der Waals surface area contributed by atoms with Gasteiger partial charge in [0.05, 0.1) is 31.0 Å². The monoisotopic (exact) mass is 426 g/mol. The van der Waals surface area contributed by atoms with Gasteiger partial charge in [0.25, 0.3) is 0 Å². The van der Waals surface area contributed by atoms with Gasteiger partial charge in [0.2, 0.25) is 0 Å². The average Bonchev–Trinajstić information content (AvgIpc) is 2.77. The van der Waals surface area contributed by atoms with Crippen molar-refractivity contribution in [1.29, 1.82) is 0 Å². The Bertz CT molecular complexity index is 1280. The van der Waals surface area contributed by atoms with Crippen LogP contribution in [0.15, 0.2) is 55.0 Å².